The molecule has 28 heavy (non-hydrogen) atoms. The third-order valence-corrected chi connectivity index (χ3v) is 3.89. The van der Waals surface area contributed by atoms with Gasteiger partial charge in [0.1, 0.15) is 17.5 Å². The fourth-order valence-corrected chi connectivity index (χ4v) is 2.51. The Hall–Kier alpha value is -4.27. The molecule has 0 aliphatic heterocycles. The fourth-order valence-electron chi connectivity index (χ4n) is 2.51. The number of hydrazine groups is 1. The molecule has 0 aliphatic rings. The molecule has 138 valence electrons. The van der Waals surface area contributed by atoms with E-state index in [-0.39, 0.29) is 23.3 Å². The van der Waals surface area contributed by atoms with E-state index >= 15 is 0 Å². The van der Waals surface area contributed by atoms with E-state index in [0.717, 1.165) is 5.39 Å². The molecule has 1 aromatic carbocycles. The van der Waals surface area contributed by atoms with E-state index < -0.39 is 0 Å². The molecule has 0 saturated carbocycles. The first-order valence-corrected chi connectivity index (χ1v) is 8.31. The van der Waals surface area contributed by atoms with Crippen LogP contribution in [0.25, 0.3) is 10.9 Å². The van der Waals surface area contributed by atoms with Crippen LogP contribution in [0.4, 0.5) is 11.5 Å². The molecule has 9 heteroatoms. The molecule has 3 aromatic heterocycles. The van der Waals surface area contributed by atoms with Gasteiger partial charge < -0.3 is 10.5 Å². The molecule has 4 N–H and O–H groups in total. The van der Waals surface area contributed by atoms with E-state index in [1.807, 2.05) is 24.3 Å². The first kappa shape index (κ1) is 17.2. The number of para-hydroxylation sites is 1. The number of benzene rings is 1. The maximum Gasteiger partial charge on any atom is 0.269 e. The number of hydrogen-bond acceptors (Lipinski definition) is 8. The summed E-state index contributed by atoms with van der Waals surface area (Å²) in [6.07, 6.45) is 6.02. The lowest BCUT2D eigenvalue weighted by Crippen LogP contribution is -2.30. The van der Waals surface area contributed by atoms with Crippen LogP contribution in [0.15, 0.2) is 67.4 Å². The van der Waals surface area contributed by atoms with Crippen LogP contribution in [0.1, 0.15) is 10.4 Å². The van der Waals surface area contributed by atoms with E-state index in [4.69, 9.17) is 10.5 Å². The number of ether oxygens (including phenoxy) is 1. The minimum absolute atomic E-state index is 0.144. The number of nitrogen functional groups attached to an aromatic ring is 1. The number of nitrogens with zero attached hydrogens (tertiary/aromatic N) is 4. The summed E-state index contributed by atoms with van der Waals surface area (Å²) in [5.41, 5.74) is 12.6. The van der Waals surface area contributed by atoms with Crippen molar-refractivity contribution in [3.8, 4) is 11.6 Å². The number of fused-ring (bicyclic) bond motifs is 1. The van der Waals surface area contributed by atoms with Gasteiger partial charge in [-0.15, -0.1) is 0 Å². The summed E-state index contributed by atoms with van der Waals surface area (Å²) in [5.74, 6) is 0.505. The molecule has 4 rings (SSSR count). The predicted molar refractivity (Wildman–Crippen MR) is 104 cm³/mol. The first-order chi connectivity index (χ1) is 13.7. The average Bonchev–Trinajstić information content (AvgIpc) is 2.75. The van der Waals surface area contributed by atoms with E-state index in [9.17, 15) is 4.79 Å². The molecular formula is C19H15N7O2. The molecule has 3 heterocycles. The Morgan fingerprint density at radius 1 is 0.964 bits per heavy atom. The van der Waals surface area contributed by atoms with Gasteiger partial charge in [-0.05, 0) is 24.3 Å². The number of nitrogens with two attached hydrogens (primary N) is 1. The summed E-state index contributed by atoms with van der Waals surface area (Å²) >= 11 is 0. The van der Waals surface area contributed by atoms with Crippen LogP contribution in [-0.4, -0.2) is 25.8 Å². The van der Waals surface area contributed by atoms with Gasteiger partial charge in [0.25, 0.3) is 5.91 Å². The molecule has 4 aromatic rings. The van der Waals surface area contributed by atoms with Gasteiger partial charge in [-0.25, -0.2) is 4.98 Å². The van der Waals surface area contributed by atoms with Gasteiger partial charge in [-0.1, -0.05) is 18.2 Å². The largest absolute Gasteiger partial charge is 0.435 e. The van der Waals surface area contributed by atoms with Crippen molar-refractivity contribution < 1.29 is 9.53 Å². The second-order valence-corrected chi connectivity index (χ2v) is 5.69. The molecule has 1 amide bonds. The van der Waals surface area contributed by atoms with E-state index in [0.29, 0.717) is 16.8 Å². The highest BCUT2D eigenvalue weighted by molar-refractivity contribution is 5.95. The zero-order valence-corrected chi connectivity index (χ0v) is 14.5. The molecule has 0 aliphatic carbocycles. The van der Waals surface area contributed by atoms with E-state index in [2.05, 4.69) is 30.8 Å². The monoisotopic (exact) mass is 373 g/mol. The maximum atomic E-state index is 12.1. The van der Waals surface area contributed by atoms with Crippen LogP contribution in [-0.2, 0) is 0 Å². The summed E-state index contributed by atoms with van der Waals surface area (Å²) in [7, 11) is 0. The Labute approximate surface area is 159 Å². The molecule has 0 spiro atoms. The molecule has 0 saturated heterocycles. The normalized spacial score (nSPS) is 10.4. The zero-order chi connectivity index (χ0) is 19.3. The SMILES string of the molecule is Nc1c(NNC(=O)c2ccncc2)ncnc1Oc1cccc2cccnc12. The lowest BCUT2D eigenvalue weighted by Gasteiger charge is -2.13. The lowest BCUT2D eigenvalue weighted by atomic mass is 10.2. The Morgan fingerprint density at radius 3 is 2.64 bits per heavy atom. The van der Waals surface area contributed by atoms with Gasteiger partial charge >= 0.3 is 0 Å². The van der Waals surface area contributed by atoms with Crippen molar-refractivity contribution in [2.24, 2.45) is 0 Å². The number of hydrogen-bond donors (Lipinski definition) is 3. The van der Waals surface area contributed by atoms with Crippen molar-refractivity contribution in [1.29, 1.82) is 0 Å². The van der Waals surface area contributed by atoms with Crippen LogP contribution in [0.3, 0.4) is 0 Å². The number of carbonyl (C=O) groups is 1. The Balaban J connectivity index is 1.54. The summed E-state index contributed by atoms with van der Waals surface area (Å²) < 4.78 is 5.85. The van der Waals surface area contributed by atoms with Crippen molar-refractivity contribution in [2.45, 2.75) is 0 Å². The molecule has 0 fully saturated rings. The number of rotatable bonds is 5. The molecule has 0 atom stereocenters. The number of nitrogens with one attached hydrogen (secondary N) is 2. The van der Waals surface area contributed by atoms with Crippen molar-refractivity contribution in [2.75, 3.05) is 11.2 Å². The zero-order valence-electron chi connectivity index (χ0n) is 14.5. The quantitative estimate of drug-likeness (QED) is 0.455. The van der Waals surface area contributed by atoms with Gasteiger partial charge in [-0.3, -0.25) is 25.6 Å². The standard InChI is InChI=1S/C19H15N7O2/c20-15-17(25-26-18(27)13-6-9-21-10-7-13)23-11-24-19(15)28-14-5-1-3-12-4-2-8-22-16(12)14/h1-11H,20H2,(H,26,27)(H,23,24,25). The van der Waals surface area contributed by atoms with Crippen LogP contribution < -0.4 is 21.3 Å². The van der Waals surface area contributed by atoms with Gasteiger partial charge in [0.05, 0.1) is 0 Å². The fraction of sp³-hybridized carbons (Fsp3) is 0. The number of anilines is 2. The van der Waals surface area contributed by atoms with Gasteiger partial charge in [0.15, 0.2) is 11.6 Å². The van der Waals surface area contributed by atoms with Crippen LogP contribution in [0.5, 0.6) is 11.6 Å². The summed E-state index contributed by atoms with van der Waals surface area (Å²) in [6, 6.07) is 12.5. The van der Waals surface area contributed by atoms with E-state index in [1.165, 1.54) is 18.7 Å². The molecular weight excluding hydrogens is 358 g/mol. The lowest BCUT2D eigenvalue weighted by molar-refractivity contribution is 0.0962. The van der Waals surface area contributed by atoms with Crippen molar-refractivity contribution in [1.82, 2.24) is 25.4 Å². The predicted octanol–water partition coefficient (Wildman–Crippen LogP) is 2.55. The summed E-state index contributed by atoms with van der Waals surface area (Å²) in [4.78, 5) is 28.5. The first-order valence-electron chi connectivity index (χ1n) is 8.31. The second kappa shape index (κ2) is 7.54. The van der Waals surface area contributed by atoms with Crippen LogP contribution in [0.2, 0.25) is 0 Å². The second-order valence-electron chi connectivity index (χ2n) is 5.69. The number of pyridine rings is 2. The topological polar surface area (TPSA) is 128 Å². The van der Waals surface area contributed by atoms with Gasteiger partial charge in [0, 0.05) is 29.5 Å². The Bertz CT molecular complexity index is 1130. The number of carbonyl (C=O) groups excluding carboxylic acids is 1. The van der Waals surface area contributed by atoms with Gasteiger partial charge in [-0.2, -0.15) is 4.98 Å². The minimum Gasteiger partial charge on any atom is -0.435 e. The van der Waals surface area contributed by atoms with Crippen LogP contribution in [0, 0.1) is 0 Å². The molecule has 9 nitrogen and oxygen atoms in total. The van der Waals surface area contributed by atoms with Crippen molar-refractivity contribution >= 4 is 28.3 Å². The highest BCUT2D eigenvalue weighted by Gasteiger charge is 2.13. The molecule has 0 unspecified atom stereocenters. The number of amides is 1. The third kappa shape index (κ3) is 3.49. The minimum atomic E-state index is -0.360. The molecule has 0 bridgehead atoms. The van der Waals surface area contributed by atoms with Gasteiger partial charge in [0.2, 0.25) is 5.88 Å². The third-order valence-electron chi connectivity index (χ3n) is 3.89. The Kier molecular flexibility index (Phi) is 4.62. The molecule has 0 radical (unpaired) electrons. The number of aromatic nitrogens is 4. The summed E-state index contributed by atoms with van der Waals surface area (Å²) in [6.45, 7) is 0. The van der Waals surface area contributed by atoms with Crippen molar-refractivity contribution in [3.63, 3.8) is 0 Å². The highest BCUT2D eigenvalue weighted by atomic mass is 16.5. The smallest absolute Gasteiger partial charge is 0.269 e. The van der Waals surface area contributed by atoms with Crippen LogP contribution >= 0.6 is 0 Å². The van der Waals surface area contributed by atoms with Crippen molar-refractivity contribution in [3.05, 3.63) is 72.9 Å². The summed E-state index contributed by atoms with van der Waals surface area (Å²) in [5, 5.41) is 0.926. The maximum absolute atomic E-state index is 12.1. The Morgan fingerprint density at radius 2 is 1.79 bits per heavy atom. The van der Waals surface area contributed by atoms with E-state index in [1.54, 1.807) is 24.4 Å². The highest BCUT2D eigenvalue weighted by Crippen LogP contribution is 2.32. The average molecular weight is 373 g/mol.